The highest BCUT2D eigenvalue weighted by atomic mass is 16.7. The van der Waals surface area contributed by atoms with Crippen molar-refractivity contribution in [2.45, 2.75) is 42.9 Å². The molecular formula is C15H22N6O8. The molecule has 3 rings (SSSR count). The first-order valence-corrected chi connectivity index (χ1v) is 8.61. The zero-order chi connectivity index (χ0) is 21.3. The summed E-state index contributed by atoms with van der Waals surface area (Å²) in [5.74, 6) is -0.143. The first kappa shape index (κ1) is 21.4. The largest absolute Gasteiger partial charge is 0.394 e. The van der Waals surface area contributed by atoms with Gasteiger partial charge in [-0.25, -0.2) is 9.97 Å². The minimum Gasteiger partial charge on any atom is -0.394 e. The molecule has 0 bridgehead atoms. The second-order valence-electron chi connectivity index (χ2n) is 6.55. The molecule has 3 heterocycles. The van der Waals surface area contributed by atoms with Crippen molar-refractivity contribution in [3.05, 3.63) is 22.2 Å². The first-order chi connectivity index (χ1) is 13.7. The molecule has 0 aliphatic carbocycles. The second kappa shape index (κ2) is 8.60. The number of hydrogen-bond donors (Lipinski definition) is 8. The smallest absolute Gasteiger partial charge is 0.280 e. The Morgan fingerprint density at radius 2 is 2.00 bits per heavy atom. The molecule has 1 aliphatic rings. The number of ether oxygens (including phenoxy) is 2. The van der Waals surface area contributed by atoms with E-state index in [9.17, 15) is 30.3 Å². The minimum absolute atomic E-state index is 0.0305. The van der Waals surface area contributed by atoms with E-state index in [1.54, 1.807) is 0 Å². The van der Waals surface area contributed by atoms with Crippen molar-refractivity contribution in [3.63, 3.8) is 0 Å². The van der Waals surface area contributed by atoms with Crippen LogP contribution in [0.3, 0.4) is 0 Å². The van der Waals surface area contributed by atoms with Gasteiger partial charge in [0.25, 0.3) is 5.56 Å². The normalized spacial score (nSPS) is 29.7. The average Bonchev–Trinajstić information content (AvgIpc) is 2.70. The van der Waals surface area contributed by atoms with E-state index < -0.39 is 61.6 Å². The predicted molar refractivity (Wildman–Crippen MR) is 95.0 cm³/mol. The zero-order valence-corrected chi connectivity index (χ0v) is 15.0. The monoisotopic (exact) mass is 414 g/mol. The lowest BCUT2D eigenvalue weighted by molar-refractivity contribution is -0.272. The van der Waals surface area contributed by atoms with E-state index >= 15 is 0 Å². The summed E-state index contributed by atoms with van der Waals surface area (Å²) in [5.41, 5.74) is 10.2. The van der Waals surface area contributed by atoms with Crippen LogP contribution in [-0.4, -0.2) is 95.4 Å². The summed E-state index contributed by atoms with van der Waals surface area (Å²) in [6, 6.07) is -1.16. The van der Waals surface area contributed by atoms with E-state index in [-0.39, 0.29) is 22.8 Å². The van der Waals surface area contributed by atoms with Gasteiger partial charge in [-0.15, -0.1) is 0 Å². The summed E-state index contributed by atoms with van der Waals surface area (Å²) in [5, 5.41) is 49.3. The van der Waals surface area contributed by atoms with Gasteiger partial charge in [0.1, 0.15) is 30.5 Å². The van der Waals surface area contributed by atoms with Crippen molar-refractivity contribution in [2.24, 2.45) is 5.73 Å². The standard InChI is InChI=1S/C15H22N6O8/c16-7-11(26)10(25)6(2-22)29-14(7)28-3-5(23)9(24)4-1-18-12-8(19-4)13(27)21-15(17)20-12/h1,5-7,9-11,14,22-26H,2-3,16H2,(H3,17,18,20,21,27)/t5?,6-,7-,9?,10-,11-,14+/m1/s1. The van der Waals surface area contributed by atoms with Crippen molar-refractivity contribution in [1.29, 1.82) is 0 Å². The van der Waals surface area contributed by atoms with Gasteiger partial charge in [-0.3, -0.25) is 9.78 Å². The molecule has 0 radical (unpaired) electrons. The van der Waals surface area contributed by atoms with Gasteiger partial charge in [-0.1, -0.05) is 0 Å². The molecule has 160 valence electrons. The van der Waals surface area contributed by atoms with Gasteiger partial charge in [0.05, 0.1) is 31.1 Å². The van der Waals surface area contributed by atoms with Crippen LogP contribution in [0.2, 0.25) is 0 Å². The molecule has 2 aromatic rings. The Balaban J connectivity index is 1.68. The number of nitrogen functional groups attached to an aromatic ring is 1. The minimum atomic E-state index is -1.59. The number of nitrogens with two attached hydrogens (primary N) is 2. The molecule has 0 amide bonds. The van der Waals surface area contributed by atoms with Crippen LogP contribution in [-0.2, 0) is 9.47 Å². The van der Waals surface area contributed by atoms with Crippen molar-refractivity contribution in [1.82, 2.24) is 19.9 Å². The van der Waals surface area contributed by atoms with Gasteiger partial charge in [0.15, 0.2) is 17.5 Å². The molecule has 1 saturated heterocycles. The molecule has 14 heteroatoms. The third kappa shape index (κ3) is 4.34. The van der Waals surface area contributed by atoms with Gasteiger partial charge < -0.3 is 46.5 Å². The van der Waals surface area contributed by atoms with Gasteiger partial charge >= 0.3 is 0 Å². The third-order valence-electron chi connectivity index (χ3n) is 4.48. The van der Waals surface area contributed by atoms with Crippen LogP contribution in [0, 0.1) is 0 Å². The summed E-state index contributed by atoms with van der Waals surface area (Å²) in [7, 11) is 0. The maximum absolute atomic E-state index is 11.9. The molecule has 0 saturated carbocycles. The van der Waals surface area contributed by atoms with Crippen LogP contribution in [0.25, 0.3) is 11.2 Å². The van der Waals surface area contributed by atoms with Crippen molar-refractivity contribution >= 4 is 17.1 Å². The molecular weight excluding hydrogens is 392 g/mol. The molecule has 14 nitrogen and oxygen atoms in total. The number of fused-ring (bicyclic) bond motifs is 1. The summed E-state index contributed by atoms with van der Waals surface area (Å²) >= 11 is 0. The van der Waals surface area contributed by atoms with E-state index in [1.165, 1.54) is 0 Å². The number of nitrogens with one attached hydrogen (secondary N) is 1. The molecule has 29 heavy (non-hydrogen) atoms. The highest BCUT2D eigenvalue weighted by molar-refractivity contribution is 5.69. The van der Waals surface area contributed by atoms with E-state index in [0.29, 0.717) is 0 Å². The van der Waals surface area contributed by atoms with Crippen LogP contribution in [0.4, 0.5) is 5.95 Å². The molecule has 0 aromatic carbocycles. The number of nitrogens with zero attached hydrogens (tertiary/aromatic N) is 3. The predicted octanol–water partition coefficient (Wildman–Crippen LogP) is -4.53. The van der Waals surface area contributed by atoms with Gasteiger partial charge in [-0.2, -0.15) is 4.98 Å². The molecule has 2 unspecified atom stereocenters. The lowest BCUT2D eigenvalue weighted by Crippen LogP contribution is -2.62. The number of aliphatic hydroxyl groups is 5. The van der Waals surface area contributed by atoms with Gasteiger partial charge in [-0.05, 0) is 0 Å². The quantitative estimate of drug-likeness (QED) is 0.222. The highest BCUT2D eigenvalue weighted by Gasteiger charge is 2.43. The Hall–Kier alpha value is -2.30. The summed E-state index contributed by atoms with van der Waals surface area (Å²) in [4.78, 5) is 25.8. The average molecular weight is 414 g/mol. The van der Waals surface area contributed by atoms with Gasteiger partial charge in [0.2, 0.25) is 5.95 Å². The fourth-order valence-electron chi connectivity index (χ4n) is 2.83. The van der Waals surface area contributed by atoms with Crippen LogP contribution < -0.4 is 17.0 Å². The molecule has 1 aliphatic heterocycles. The Kier molecular flexibility index (Phi) is 6.35. The summed E-state index contributed by atoms with van der Waals surface area (Å²) < 4.78 is 10.6. The highest BCUT2D eigenvalue weighted by Crippen LogP contribution is 2.22. The lowest BCUT2D eigenvalue weighted by atomic mass is 9.98. The molecule has 0 spiro atoms. The maximum Gasteiger partial charge on any atom is 0.280 e. The van der Waals surface area contributed by atoms with Crippen LogP contribution in [0.1, 0.15) is 11.8 Å². The van der Waals surface area contributed by atoms with E-state index in [4.69, 9.17) is 20.9 Å². The second-order valence-corrected chi connectivity index (χ2v) is 6.55. The Labute approximate surface area is 162 Å². The van der Waals surface area contributed by atoms with E-state index in [2.05, 4.69) is 19.9 Å². The lowest BCUT2D eigenvalue weighted by Gasteiger charge is -2.40. The molecule has 2 aromatic heterocycles. The zero-order valence-electron chi connectivity index (χ0n) is 15.0. The number of anilines is 1. The van der Waals surface area contributed by atoms with Crippen molar-refractivity contribution in [3.8, 4) is 0 Å². The Morgan fingerprint density at radius 3 is 2.69 bits per heavy atom. The summed E-state index contributed by atoms with van der Waals surface area (Å²) in [6.45, 7) is -1.09. The van der Waals surface area contributed by atoms with Crippen LogP contribution >= 0.6 is 0 Å². The SMILES string of the molecule is Nc1nc2ncc(C(O)C(O)CO[C@H]3O[C@H](CO)[C@@H](O)[C@H](O)[C@H]3N)nc2c(=O)[nH]1. The van der Waals surface area contributed by atoms with Gasteiger partial charge in [0, 0.05) is 0 Å². The van der Waals surface area contributed by atoms with E-state index in [1.807, 2.05) is 0 Å². The van der Waals surface area contributed by atoms with E-state index in [0.717, 1.165) is 6.20 Å². The van der Waals surface area contributed by atoms with Crippen LogP contribution in [0.5, 0.6) is 0 Å². The third-order valence-corrected chi connectivity index (χ3v) is 4.48. The molecule has 1 fully saturated rings. The fourth-order valence-corrected chi connectivity index (χ4v) is 2.83. The van der Waals surface area contributed by atoms with Crippen molar-refractivity contribution < 1.29 is 35.0 Å². The summed E-state index contributed by atoms with van der Waals surface area (Å²) in [6.07, 6.45) is -7.22. The van der Waals surface area contributed by atoms with Crippen molar-refractivity contribution in [2.75, 3.05) is 18.9 Å². The number of hydrogen-bond acceptors (Lipinski definition) is 13. The Bertz CT molecular complexity index is 910. The molecule has 10 N–H and O–H groups in total. The first-order valence-electron chi connectivity index (χ1n) is 8.61. The molecule has 7 atom stereocenters. The fraction of sp³-hybridized carbons (Fsp3) is 0.600. The maximum atomic E-state index is 11.9. The number of aliphatic hydroxyl groups excluding tert-OH is 5. The van der Waals surface area contributed by atoms with Crippen LogP contribution in [0.15, 0.2) is 11.0 Å². The number of aromatic amines is 1. The Morgan fingerprint density at radius 1 is 1.28 bits per heavy atom. The number of H-pyrrole nitrogens is 1. The topological polar surface area (TPSA) is 243 Å². The number of aromatic nitrogens is 4. The number of rotatable bonds is 6.